The number of anilines is 1. The molecule has 124 valence electrons. The second kappa shape index (κ2) is 7.86. The Morgan fingerprint density at radius 2 is 2.09 bits per heavy atom. The number of nitrogens with one attached hydrogen (secondary N) is 1. The lowest BCUT2D eigenvalue weighted by atomic mass is 10.2. The topological polar surface area (TPSA) is 32.3 Å². The summed E-state index contributed by atoms with van der Waals surface area (Å²) in [6.07, 6.45) is 0. The maximum Gasteiger partial charge on any atom is 0.241 e. The number of likely N-dealkylation sites (N-methyl/N-ethyl adjacent to an activating group) is 1. The van der Waals surface area contributed by atoms with Crippen molar-refractivity contribution >= 4 is 34.5 Å². The van der Waals surface area contributed by atoms with Crippen LogP contribution in [0, 0.1) is 11.6 Å². The van der Waals surface area contributed by atoms with Crippen molar-refractivity contribution in [3.63, 3.8) is 0 Å². The smallest absolute Gasteiger partial charge is 0.241 e. The number of hydrogen-bond donors (Lipinski definition) is 1. The van der Waals surface area contributed by atoms with E-state index in [4.69, 9.17) is 11.6 Å². The van der Waals surface area contributed by atoms with Gasteiger partial charge in [-0.15, -0.1) is 11.3 Å². The Labute approximate surface area is 142 Å². The molecular weight excluding hydrogens is 342 g/mol. The van der Waals surface area contributed by atoms with E-state index in [1.165, 1.54) is 17.4 Å². The zero-order valence-corrected chi connectivity index (χ0v) is 14.3. The highest BCUT2D eigenvalue weighted by atomic mass is 35.5. The van der Waals surface area contributed by atoms with Crippen LogP contribution < -0.4 is 5.32 Å². The van der Waals surface area contributed by atoms with E-state index in [1.54, 1.807) is 6.92 Å². The zero-order valence-electron chi connectivity index (χ0n) is 12.8. The third kappa shape index (κ3) is 4.73. The summed E-state index contributed by atoms with van der Waals surface area (Å²) in [6, 6.07) is 6.32. The molecule has 1 N–H and O–H groups in total. The molecule has 0 radical (unpaired) electrons. The lowest BCUT2D eigenvalue weighted by Crippen LogP contribution is -2.41. The first-order valence-corrected chi connectivity index (χ1v) is 8.34. The van der Waals surface area contributed by atoms with E-state index in [1.807, 2.05) is 24.0 Å². The first kappa shape index (κ1) is 17.8. The Hall–Kier alpha value is -1.50. The van der Waals surface area contributed by atoms with E-state index in [9.17, 15) is 13.6 Å². The number of nitrogens with zero attached hydrogens (tertiary/aromatic N) is 1. The summed E-state index contributed by atoms with van der Waals surface area (Å²) in [6.45, 7) is 4.91. The van der Waals surface area contributed by atoms with Crippen LogP contribution in [0.15, 0.2) is 30.3 Å². The highest BCUT2D eigenvalue weighted by molar-refractivity contribution is 7.16. The maximum atomic E-state index is 13.6. The van der Waals surface area contributed by atoms with Crippen molar-refractivity contribution < 1.29 is 13.6 Å². The number of thiophene rings is 1. The third-order valence-corrected chi connectivity index (χ3v) is 4.73. The van der Waals surface area contributed by atoms with Gasteiger partial charge in [-0.3, -0.25) is 9.69 Å². The van der Waals surface area contributed by atoms with Crippen LogP contribution in [0.1, 0.15) is 18.7 Å². The first-order valence-electron chi connectivity index (χ1n) is 7.15. The van der Waals surface area contributed by atoms with Crippen LogP contribution in [0.4, 0.5) is 14.5 Å². The molecule has 1 amide bonds. The summed E-state index contributed by atoms with van der Waals surface area (Å²) in [7, 11) is 0. The molecule has 0 aliphatic heterocycles. The highest BCUT2D eigenvalue weighted by Gasteiger charge is 2.21. The predicted molar refractivity (Wildman–Crippen MR) is 89.9 cm³/mol. The Morgan fingerprint density at radius 1 is 1.35 bits per heavy atom. The van der Waals surface area contributed by atoms with Gasteiger partial charge in [-0.1, -0.05) is 18.5 Å². The fraction of sp³-hybridized carbons (Fsp3) is 0.312. The third-order valence-electron chi connectivity index (χ3n) is 3.51. The molecule has 1 aromatic heterocycles. The fourth-order valence-electron chi connectivity index (χ4n) is 2.15. The van der Waals surface area contributed by atoms with Crippen LogP contribution in [-0.2, 0) is 11.3 Å². The summed E-state index contributed by atoms with van der Waals surface area (Å²) in [5, 5.41) is 2.50. The van der Waals surface area contributed by atoms with Crippen LogP contribution in [0.5, 0.6) is 0 Å². The Kier molecular flexibility index (Phi) is 6.10. The van der Waals surface area contributed by atoms with E-state index >= 15 is 0 Å². The van der Waals surface area contributed by atoms with E-state index in [0.717, 1.165) is 17.0 Å². The molecule has 3 nitrogen and oxygen atoms in total. The summed E-state index contributed by atoms with van der Waals surface area (Å²) < 4.78 is 27.2. The van der Waals surface area contributed by atoms with Gasteiger partial charge in [-0.05, 0) is 37.7 Å². The fourth-order valence-corrected chi connectivity index (χ4v) is 3.27. The van der Waals surface area contributed by atoms with E-state index in [0.29, 0.717) is 17.4 Å². The molecule has 7 heteroatoms. The molecule has 2 rings (SSSR count). The molecule has 1 atom stereocenters. The molecule has 0 spiro atoms. The molecule has 0 saturated heterocycles. The molecule has 0 bridgehead atoms. The molecule has 0 fully saturated rings. The highest BCUT2D eigenvalue weighted by Crippen LogP contribution is 2.23. The quantitative estimate of drug-likeness (QED) is 0.822. The lowest BCUT2D eigenvalue weighted by Gasteiger charge is -2.26. The van der Waals surface area contributed by atoms with E-state index < -0.39 is 17.7 Å². The van der Waals surface area contributed by atoms with Crippen molar-refractivity contribution in [3.05, 3.63) is 51.2 Å². The van der Waals surface area contributed by atoms with Crippen LogP contribution in [0.25, 0.3) is 0 Å². The monoisotopic (exact) mass is 358 g/mol. The van der Waals surface area contributed by atoms with Crippen molar-refractivity contribution in [1.82, 2.24) is 4.90 Å². The van der Waals surface area contributed by atoms with Crippen LogP contribution >= 0.6 is 22.9 Å². The average Bonchev–Trinajstić information content (AvgIpc) is 2.92. The van der Waals surface area contributed by atoms with Gasteiger partial charge in [-0.25, -0.2) is 8.78 Å². The van der Waals surface area contributed by atoms with Gasteiger partial charge in [0, 0.05) is 17.5 Å². The SMILES string of the molecule is CCN(Cc1ccc(Cl)s1)C(C)C(=O)Nc1ccc(F)cc1F. The van der Waals surface area contributed by atoms with E-state index in [2.05, 4.69) is 5.32 Å². The molecule has 23 heavy (non-hydrogen) atoms. The Bertz CT molecular complexity index is 692. The molecule has 1 aromatic carbocycles. The summed E-state index contributed by atoms with van der Waals surface area (Å²) in [4.78, 5) is 15.3. The van der Waals surface area contributed by atoms with Gasteiger partial charge >= 0.3 is 0 Å². The number of carbonyl (C=O) groups excluding carboxylic acids is 1. The second-order valence-electron chi connectivity index (χ2n) is 5.06. The minimum absolute atomic E-state index is 0.0292. The van der Waals surface area contributed by atoms with Crippen LogP contribution in [0.2, 0.25) is 4.34 Å². The molecule has 0 saturated carbocycles. The molecule has 1 unspecified atom stereocenters. The van der Waals surface area contributed by atoms with Gasteiger partial charge in [-0.2, -0.15) is 0 Å². The zero-order chi connectivity index (χ0) is 17.0. The second-order valence-corrected chi connectivity index (χ2v) is 6.86. The van der Waals surface area contributed by atoms with Gasteiger partial charge in [0.05, 0.1) is 16.1 Å². The van der Waals surface area contributed by atoms with Crippen molar-refractivity contribution in [2.45, 2.75) is 26.4 Å². The number of benzene rings is 1. The van der Waals surface area contributed by atoms with Crippen molar-refractivity contribution in [2.75, 3.05) is 11.9 Å². The number of amides is 1. The van der Waals surface area contributed by atoms with Crippen molar-refractivity contribution in [2.24, 2.45) is 0 Å². The number of rotatable bonds is 6. The van der Waals surface area contributed by atoms with Gasteiger partial charge < -0.3 is 5.32 Å². The first-order chi connectivity index (χ1) is 10.9. The summed E-state index contributed by atoms with van der Waals surface area (Å²) in [5.41, 5.74) is -0.0292. The molecule has 2 aromatic rings. The minimum Gasteiger partial charge on any atom is -0.322 e. The maximum absolute atomic E-state index is 13.6. The molecule has 1 heterocycles. The average molecular weight is 359 g/mol. The van der Waals surface area contributed by atoms with Gasteiger partial charge in [0.15, 0.2) is 0 Å². The van der Waals surface area contributed by atoms with Crippen molar-refractivity contribution in [3.8, 4) is 0 Å². The number of halogens is 3. The molecule has 0 aliphatic rings. The van der Waals surface area contributed by atoms with Crippen molar-refractivity contribution in [1.29, 1.82) is 0 Å². The van der Waals surface area contributed by atoms with E-state index in [-0.39, 0.29) is 11.6 Å². The lowest BCUT2D eigenvalue weighted by molar-refractivity contribution is -0.120. The largest absolute Gasteiger partial charge is 0.322 e. The standard InChI is InChI=1S/C16H17ClF2N2OS/c1-3-21(9-12-5-7-15(17)23-12)10(2)16(22)20-14-6-4-11(18)8-13(14)19/h4-8,10H,3,9H2,1-2H3,(H,20,22). The van der Waals surface area contributed by atoms with Crippen LogP contribution in [0.3, 0.4) is 0 Å². The predicted octanol–water partition coefficient (Wildman–Crippen LogP) is 4.53. The van der Waals surface area contributed by atoms with Gasteiger partial charge in [0.1, 0.15) is 11.6 Å². The van der Waals surface area contributed by atoms with Gasteiger partial charge in [0.25, 0.3) is 0 Å². The summed E-state index contributed by atoms with van der Waals surface area (Å²) in [5.74, 6) is -1.82. The summed E-state index contributed by atoms with van der Waals surface area (Å²) >= 11 is 7.37. The minimum atomic E-state index is -0.793. The normalized spacial score (nSPS) is 12.4. The van der Waals surface area contributed by atoms with Crippen LogP contribution in [-0.4, -0.2) is 23.4 Å². The Balaban J connectivity index is 2.04. The number of hydrogen-bond acceptors (Lipinski definition) is 3. The van der Waals surface area contributed by atoms with Gasteiger partial charge in [0.2, 0.25) is 5.91 Å². The Morgan fingerprint density at radius 3 is 2.65 bits per heavy atom. The number of carbonyl (C=O) groups is 1. The molecular formula is C16H17ClF2N2OS. The molecule has 0 aliphatic carbocycles.